The van der Waals surface area contributed by atoms with Crippen molar-refractivity contribution in [2.75, 3.05) is 36.5 Å². The Morgan fingerprint density at radius 3 is 2.78 bits per heavy atom. The first-order valence-electron chi connectivity index (χ1n) is 10.3. The first-order chi connectivity index (χ1) is 15.5. The van der Waals surface area contributed by atoms with Crippen molar-refractivity contribution in [1.82, 2.24) is 9.97 Å². The average Bonchev–Trinajstić information content (AvgIpc) is 3.17. The summed E-state index contributed by atoms with van der Waals surface area (Å²) in [5.74, 6) is 2.79. The van der Waals surface area contributed by atoms with E-state index in [4.69, 9.17) is 40.9 Å². The third-order valence-corrected chi connectivity index (χ3v) is 6.57. The predicted octanol–water partition coefficient (Wildman–Crippen LogP) is 4.39. The third kappa shape index (κ3) is 4.46. The molecule has 1 saturated heterocycles. The zero-order chi connectivity index (χ0) is 22.1. The monoisotopic (exact) mass is 476 g/mol. The number of hydrogen-bond acceptors (Lipinski definition) is 9. The molecule has 2 aromatic heterocycles. The number of aromatic nitrogens is 2. The number of anilines is 2. The van der Waals surface area contributed by atoms with Gasteiger partial charge in [0, 0.05) is 32.5 Å². The van der Waals surface area contributed by atoms with Gasteiger partial charge < -0.3 is 29.5 Å². The Balaban J connectivity index is 1.35. The van der Waals surface area contributed by atoms with Gasteiger partial charge in [-0.05, 0) is 23.8 Å². The zero-order valence-corrected chi connectivity index (χ0v) is 18.6. The van der Waals surface area contributed by atoms with E-state index in [-0.39, 0.29) is 6.10 Å². The molecule has 32 heavy (non-hydrogen) atoms. The molecule has 2 aliphatic rings. The quantitative estimate of drug-likeness (QED) is 0.518. The molecular weight excluding hydrogens is 456 g/mol. The van der Waals surface area contributed by atoms with E-state index in [9.17, 15) is 4.79 Å². The summed E-state index contributed by atoms with van der Waals surface area (Å²) in [6, 6.07) is 7.74. The standard InChI is InChI=1S/C21H21ClN4O5S/c22-17-10-14-18(23-11-12-1-2-15-16(9-12)30-8-7-29-15)24-20(25-19(14)32-17)26-5-3-13(4-6-26)31-21(27)28/h1-2,9-10,13H,3-8,11H2,(H,27,28)(H,23,24,25). The van der Waals surface area contributed by atoms with Crippen LogP contribution in [0.5, 0.6) is 11.5 Å². The highest BCUT2D eigenvalue weighted by atomic mass is 35.5. The summed E-state index contributed by atoms with van der Waals surface area (Å²) in [5.41, 5.74) is 1.04. The Morgan fingerprint density at radius 1 is 1.22 bits per heavy atom. The highest BCUT2D eigenvalue weighted by Gasteiger charge is 2.25. The molecular formula is C21H21ClN4O5S. The molecule has 1 fully saturated rings. The van der Waals surface area contributed by atoms with Gasteiger partial charge in [0.25, 0.3) is 0 Å². The van der Waals surface area contributed by atoms with Gasteiger partial charge in [-0.25, -0.2) is 9.78 Å². The van der Waals surface area contributed by atoms with Gasteiger partial charge in [0.05, 0.1) is 9.72 Å². The Kier molecular flexibility index (Phi) is 5.79. The Labute approximate surface area is 192 Å². The predicted molar refractivity (Wildman–Crippen MR) is 122 cm³/mol. The molecule has 0 saturated carbocycles. The van der Waals surface area contributed by atoms with Crippen molar-refractivity contribution in [2.45, 2.75) is 25.5 Å². The van der Waals surface area contributed by atoms with Crippen LogP contribution in [0.4, 0.5) is 16.6 Å². The number of benzene rings is 1. The van der Waals surface area contributed by atoms with Crippen molar-refractivity contribution in [3.05, 3.63) is 34.2 Å². The van der Waals surface area contributed by atoms with Gasteiger partial charge in [-0.15, -0.1) is 11.3 Å². The third-order valence-electron chi connectivity index (χ3n) is 5.41. The van der Waals surface area contributed by atoms with Gasteiger partial charge in [-0.3, -0.25) is 0 Å². The van der Waals surface area contributed by atoms with E-state index in [1.807, 2.05) is 29.2 Å². The van der Waals surface area contributed by atoms with Gasteiger partial charge in [0.1, 0.15) is 30.0 Å². The molecule has 3 aromatic rings. The van der Waals surface area contributed by atoms with Gasteiger partial charge in [0.15, 0.2) is 11.5 Å². The van der Waals surface area contributed by atoms with Crippen LogP contribution < -0.4 is 19.7 Å². The molecule has 0 spiro atoms. The molecule has 11 heteroatoms. The molecule has 0 unspecified atom stereocenters. The van der Waals surface area contributed by atoms with Crippen LogP contribution in [0, 0.1) is 0 Å². The summed E-state index contributed by atoms with van der Waals surface area (Å²) in [5, 5.41) is 13.1. The zero-order valence-electron chi connectivity index (χ0n) is 17.0. The second kappa shape index (κ2) is 8.87. The molecule has 0 aliphatic carbocycles. The second-order valence-electron chi connectivity index (χ2n) is 7.54. The molecule has 9 nitrogen and oxygen atoms in total. The van der Waals surface area contributed by atoms with Crippen LogP contribution in [0.25, 0.3) is 10.2 Å². The van der Waals surface area contributed by atoms with Crippen LogP contribution in [0.3, 0.4) is 0 Å². The minimum atomic E-state index is -1.24. The molecule has 0 bridgehead atoms. The fourth-order valence-electron chi connectivity index (χ4n) is 3.86. The summed E-state index contributed by atoms with van der Waals surface area (Å²) in [7, 11) is 0. The lowest BCUT2D eigenvalue weighted by Gasteiger charge is -2.31. The van der Waals surface area contributed by atoms with Gasteiger partial charge in [-0.2, -0.15) is 4.98 Å². The minimum absolute atomic E-state index is 0.295. The van der Waals surface area contributed by atoms with Crippen LogP contribution in [0.15, 0.2) is 24.3 Å². The van der Waals surface area contributed by atoms with Gasteiger partial charge in [-0.1, -0.05) is 17.7 Å². The van der Waals surface area contributed by atoms with Crippen LogP contribution >= 0.6 is 22.9 Å². The summed E-state index contributed by atoms with van der Waals surface area (Å²) in [6.07, 6.45) is -0.339. The molecule has 168 valence electrons. The van der Waals surface area contributed by atoms with Gasteiger partial charge in [0.2, 0.25) is 5.95 Å². The Morgan fingerprint density at radius 2 is 2.00 bits per heavy atom. The van der Waals surface area contributed by atoms with Crippen molar-refractivity contribution in [2.24, 2.45) is 0 Å². The van der Waals surface area contributed by atoms with Crippen LogP contribution in [-0.2, 0) is 11.3 Å². The lowest BCUT2D eigenvalue weighted by Crippen LogP contribution is -2.38. The number of fused-ring (bicyclic) bond motifs is 2. The summed E-state index contributed by atoms with van der Waals surface area (Å²) >= 11 is 7.67. The fraction of sp³-hybridized carbons (Fsp3) is 0.381. The molecule has 4 heterocycles. The number of rotatable bonds is 5. The smallest absolute Gasteiger partial charge is 0.486 e. The number of carboxylic acid groups (broad SMARTS) is 1. The first kappa shape index (κ1) is 20.9. The number of halogens is 1. The number of thiophene rings is 1. The minimum Gasteiger partial charge on any atom is -0.486 e. The second-order valence-corrected chi connectivity index (χ2v) is 9.21. The molecule has 0 amide bonds. The van der Waals surface area contributed by atoms with Crippen LogP contribution in [0.2, 0.25) is 4.34 Å². The van der Waals surface area contributed by atoms with E-state index in [1.54, 1.807) is 0 Å². The molecule has 2 N–H and O–H groups in total. The molecule has 5 rings (SSSR count). The topological polar surface area (TPSA) is 106 Å². The number of nitrogens with one attached hydrogen (secondary N) is 1. The van der Waals surface area contributed by atoms with E-state index < -0.39 is 6.16 Å². The first-order valence-corrected chi connectivity index (χ1v) is 11.5. The molecule has 0 radical (unpaired) electrons. The average molecular weight is 477 g/mol. The number of hydrogen-bond donors (Lipinski definition) is 2. The summed E-state index contributed by atoms with van der Waals surface area (Å²) in [6.45, 7) is 2.88. The SMILES string of the molecule is O=C(O)OC1CCN(c2nc(NCc3ccc4c(c3)OCCO4)c3cc(Cl)sc3n2)CC1. The number of nitrogens with zero attached hydrogens (tertiary/aromatic N) is 3. The van der Waals surface area contributed by atoms with E-state index in [2.05, 4.69) is 5.32 Å². The van der Waals surface area contributed by atoms with E-state index in [0.29, 0.717) is 61.8 Å². The van der Waals surface area contributed by atoms with Crippen molar-refractivity contribution in [1.29, 1.82) is 0 Å². The van der Waals surface area contributed by atoms with Crippen LogP contribution in [-0.4, -0.2) is 53.6 Å². The van der Waals surface area contributed by atoms with E-state index in [0.717, 1.165) is 27.3 Å². The maximum atomic E-state index is 10.8. The molecule has 1 aromatic carbocycles. The lowest BCUT2D eigenvalue weighted by atomic mass is 10.1. The highest BCUT2D eigenvalue weighted by molar-refractivity contribution is 7.22. The lowest BCUT2D eigenvalue weighted by molar-refractivity contribution is 0.0415. The van der Waals surface area contributed by atoms with E-state index in [1.165, 1.54) is 11.3 Å². The number of ether oxygens (including phenoxy) is 3. The normalized spacial score (nSPS) is 16.2. The number of carbonyl (C=O) groups is 1. The Hall–Kier alpha value is -2.98. The summed E-state index contributed by atoms with van der Waals surface area (Å²) < 4.78 is 16.8. The fourth-order valence-corrected chi connectivity index (χ4v) is 4.94. The Bertz CT molecular complexity index is 1150. The summed E-state index contributed by atoms with van der Waals surface area (Å²) in [4.78, 5) is 23.1. The van der Waals surface area contributed by atoms with Crippen molar-refractivity contribution in [3.63, 3.8) is 0 Å². The largest absolute Gasteiger partial charge is 0.506 e. The molecule has 2 aliphatic heterocycles. The maximum Gasteiger partial charge on any atom is 0.506 e. The van der Waals surface area contributed by atoms with Crippen molar-refractivity contribution in [3.8, 4) is 11.5 Å². The maximum absolute atomic E-state index is 10.8. The molecule has 0 atom stereocenters. The van der Waals surface area contributed by atoms with Crippen LogP contribution in [0.1, 0.15) is 18.4 Å². The van der Waals surface area contributed by atoms with Crippen molar-refractivity contribution < 1.29 is 24.1 Å². The van der Waals surface area contributed by atoms with E-state index >= 15 is 0 Å². The number of piperidine rings is 1. The van der Waals surface area contributed by atoms with Gasteiger partial charge >= 0.3 is 6.16 Å². The highest BCUT2D eigenvalue weighted by Crippen LogP contribution is 2.35. The van der Waals surface area contributed by atoms with Crippen molar-refractivity contribution >= 4 is 51.1 Å².